The minimum absolute atomic E-state index is 0.159. The number of hydrogen-bond donors (Lipinski definition) is 0. The molecule has 2 heteroatoms. The van der Waals surface area contributed by atoms with Gasteiger partial charge >= 0.3 is 0 Å². The number of rotatable bonds is 2. The average molecular weight is 189 g/mol. The van der Waals surface area contributed by atoms with Gasteiger partial charge < -0.3 is 4.84 Å². The highest BCUT2D eigenvalue weighted by atomic mass is 16.6. The Balaban J connectivity index is 2.06. The van der Waals surface area contributed by atoms with Crippen LogP contribution in [-0.4, -0.2) is 5.71 Å². The standard InChI is InChI=1S/C12H15NO/c1-2-11-8-9-12(14-13-11)10-6-4-3-5-7-10/h3-7,12H,2,8-9H2,1H3. The summed E-state index contributed by atoms with van der Waals surface area (Å²) in [6, 6.07) is 10.3. The van der Waals surface area contributed by atoms with E-state index in [0.717, 1.165) is 19.3 Å². The number of oxime groups is 1. The molecule has 1 unspecified atom stereocenters. The van der Waals surface area contributed by atoms with Crippen LogP contribution >= 0.6 is 0 Å². The molecule has 0 saturated heterocycles. The summed E-state index contributed by atoms with van der Waals surface area (Å²) >= 11 is 0. The summed E-state index contributed by atoms with van der Waals surface area (Å²) in [6.45, 7) is 2.12. The zero-order valence-electron chi connectivity index (χ0n) is 8.44. The molecule has 0 fully saturated rings. The SMILES string of the molecule is CCC1=NOC(c2ccccc2)CC1. The van der Waals surface area contributed by atoms with E-state index in [1.54, 1.807) is 0 Å². The van der Waals surface area contributed by atoms with Crippen molar-refractivity contribution in [2.24, 2.45) is 5.16 Å². The molecular weight excluding hydrogens is 174 g/mol. The van der Waals surface area contributed by atoms with Crippen molar-refractivity contribution in [1.29, 1.82) is 0 Å². The van der Waals surface area contributed by atoms with Gasteiger partial charge in [-0.3, -0.25) is 0 Å². The van der Waals surface area contributed by atoms with Crippen LogP contribution in [0.25, 0.3) is 0 Å². The van der Waals surface area contributed by atoms with Crippen LogP contribution in [-0.2, 0) is 4.84 Å². The molecule has 74 valence electrons. The summed E-state index contributed by atoms with van der Waals surface area (Å²) in [4.78, 5) is 5.46. The third kappa shape index (κ3) is 1.95. The van der Waals surface area contributed by atoms with Gasteiger partial charge in [0.15, 0.2) is 6.10 Å². The van der Waals surface area contributed by atoms with Crippen LogP contribution < -0.4 is 0 Å². The van der Waals surface area contributed by atoms with Crippen molar-refractivity contribution in [3.63, 3.8) is 0 Å². The molecule has 1 aromatic carbocycles. The third-order valence-electron chi connectivity index (χ3n) is 2.58. The highest BCUT2D eigenvalue weighted by Crippen LogP contribution is 2.26. The van der Waals surface area contributed by atoms with Gasteiger partial charge in [0.05, 0.1) is 5.71 Å². The fraction of sp³-hybridized carbons (Fsp3) is 0.417. The van der Waals surface area contributed by atoms with E-state index in [-0.39, 0.29) is 6.10 Å². The maximum absolute atomic E-state index is 5.46. The van der Waals surface area contributed by atoms with Gasteiger partial charge in [-0.1, -0.05) is 42.4 Å². The monoisotopic (exact) mass is 189 g/mol. The second-order valence-electron chi connectivity index (χ2n) is 3.55. The minimum Gasteiger partial charge on any atom is -0.388 e. The smallest absolute Gasteiger partial charge is 0.152 e. The average Bonchev–Trinajstić information content (AvgIpc) is 2.30. The quantitative estimate of drug-likeness (QED) is 0.699. The number of nitrogens with zero attached hydrogens (tertiary/aromatic N) is 1. The fourth-order valence-electron chi connectivity index (χ4n) is 1.67. The van der Waals surface area contributed by atoms with Crippen molar-refractivity contribution >= 4 is 5.71 Å². The lowest BCUT2D eigenvalue weighted by Gasteiger charge is -2.20. The lowest BCUT2D eigenvalue weighted by Crippen LogP contribution is -2.11. The molecule has 2 rings (SSSR count). The van der Waals surface area contributed by atoms with Crippen LogP contribution in [0.1, 0.15) is 37.9 Å². The predicted octanol–water partition coefficient (Wildman–Crippen LogP) is 3.30. The zero-order valence-corrected chi connectivity index (χ0v) is 8.44. The molecule has 1 aliphatic heterocycles. The molecule has 14 heavy (non-hydrogen) atoms. The van der Waals surface area contributed by atoms with E-state index in [4.69, 9.17) is 4.84 Å². The van der Waals surface area contributed by atoms with Crippen LogP contribution in [0.5, 0.6) is 0 Å². The van der Waals surface area contributed by atoms with Gasteiger partial charge in [0, 0.05) is 0 Å². The summed E-state index contributed by atoms with van der Waals surface area (Å²) < 4.78 is 0. The van der Waals surface area contributed by atoms with E-state index in [0.29, 0.717) is 0 Å². The van der Waals surface area contributed by atoms with Crippen LogP contribution in [0.15, 0.2) is 35.5 Å². The van der Waals surface area contributed by atoms with Gasteiger partial charge in [0.1, 0.15) is 0 Å². The highest BCUT2D eigenvalue weighted by Gasteiger charge is 2.17. The molecule has 1 aliphatic rings. The second kappa shape index (κ2) is 4.27. The highest BCUT2D eigenvalue weighted by molar-refractivity contribution is 5.84. The lowest BCUT2D eigenvalue weighted by molar-refractivity contribution is 0.0421. The predicted molar refractivity (Wildman–Crippen MR) is 57.2 cm³/mol. The maximum atomic E-state index is 5.46. The van der Waals surface area contributed by atoms with E-state index < -0.39 is 0 Å². The largest absolute Gasteiger partial charge is 0.388 e. The number of hydrogen-bond acceptors (Lipinski definition) is 2. The van der Waals surface area contributed by atoms with Crippen molar-refractivity contribution in [3.05, 3.63) is 35.9 Å². The lowest BCUT2D eigenvalue weighted by atomic mass is 10.0. The first-order chi connectivity index (χ1) is 6.90. The van der Waals surface area contributed by atoms with E-state index in [2.05, 4.69) is 24.2 Å². The first-order valence-corrected chi connectivity index (χ1v) is 5.16. The normalized spacial score (nSPS) is 21.2. The molecule has 2 nitrogen and oxygen atoms in total. The van der Waals surface area contributed by atoms with Crippen LogP contribution in [0, 0.1) is 0 Å². The van der Waals surface area contributed by atoms with Crippen LogP contribution in [0.2, 0.25) is 0 Å². The Labute approximate surface area is 84.6 Å². The van der Waals surface area contributed by atoms with Crippen molar-refractivity contribution in [2.45, 2.75) is 32.3 Å². The first-order valence-electron chi connectivity index (χ1n) is 5.16. The van der Waals surface area contributed by atoms with Gasteiger partial charge in [-0.05, 0) is 24.8 Å². The van der Waals surface area contributed by atoms with Crippen molar-refractivity contribution < 1.29 is 4.84 Å². The van der Waals surface area contributed by atoms with Gasteiger partial charge in [0.25, 0.3) is 0 Å². The molecule has 0 amide bonds. The van der Waals surface area contributed by atoms with E-state index in [1.807, 2.05) is 18.2 Å². The minimum atomic E-state index is 0.159. The summed E-state index contributed by atoms with van der Waals surface area (Å²) in [5.74, 6) is 0. The molecule has 0 spiro atoms. The Morgan fingerprint density at radius 1 is 1.36 bits per heavy atom. The summed E-state index contributed by atoms with van der Waals surface area (Å²) in [5.41, 5.74) is 2.41. The van der Waals surface area contributed by atoms with Crippen LogP contribution in [0.4, 0.5) is 0 Å². The summed E-state index contributed by atoms with van der Waals surface area (Å²) in [5, 5.41) is 4.12. The van der Waals surface area contributed by atoms with E-state index in [9.17, 15) is 0 Å². The molecule has 1 atom stereocenters. The fourth-order valence-corrected chi connectivity index (χ4v) is 1.67. The van der Waals surface area contributed by atoms with Gasteiger partial charge in [-0.25, -0.2) is 0 Å². The van der Waals surface area contributed by atoms with Crippen molar-refractivity contribution in [1.82, 2.24) is 0 Å². The zero-order chi connectivity index (χ0) is 9.80. The molecule has 0 aromatic heterocycles. The second-order valence-corrected chi connectivity index (χ2v) is 3.55. The van der Waals surface area contributed by atoms with Gasteiger partial charge in [-0.2, -0.15) is 0 Å². The Hall–Kier alpha value is -1.31. The molecule has 0 radical (unpaired) electrons. The molecule has 1 aromatic rings. The van der Waals surface area contributed by atoms with Gasteiger partial charge in [0.2, 0.25) is 0 Å². The molecular formula is C12H15NO. The molecule has 0 bridgehead atoms. The summed E-state index contributed by atoms with van der Waals surface area (Å²) in [7, 11) is 0. The Morgan fingerprint density at radius 3 is 2.71 bits per heavy atom. The summed E-state index contributed by atoms with van der Waals surface area (Å²) in [6.07, 6.45) is 3.28. The van der Waals surface area contributed by atoms with Crippen molar-refractivity contribution in [3.8, 4) is 0 Å². The maximum Gasteiger partial charge on any atom is 0.152 e. The van der Waals surface area contributed by atoms with Crippen molar-refractivity contribution in [2.75, 3.05) is 0 Å². The topological polar surface area (TPSA) is 21.6 Å². The van der Waals surface area contributed by atoms with E-state index >= 15 is 0 Å². The Bertz CT molecular complexity index is 318. The van der Waals surface area contributed by atoms with Gasteiger partial charge in [-0.15, -0.1) is 0 Å². The molecule has 1 heterocycles. The Kier molecular flexibility index (Phi) is 2.82. The van der Waals surface area contributed by atoms with Crippen LogP contribution in [0.3, 0.4) is 0 Å². The molecule has 0 aliphatic carbocycles. The Morgan fingerprint density at radius 2 is 2.14 bits per heavy atom. The first kappa shape index (κ1) is 9.25. The molecule has 0 saturated carbocycles. The molecule has 0 N–H and O–H groups in total. The third-order valence-corrected chi connectivity index (χ3v) is 2.58. The number of benzene rings is 1. The van der Waals surface area contributed by atoms with E-state index in [1.165, 1.54) is 11.3 Å².